The average Bonchev–Trinajstić information content (AvgIpc) is 1.87. The van der Waals surface area contributed by atoms with E-state index in [9.17, 15) is 0 Å². The lowest BCUT2D eigenvalue weighted by Crippen LogP contribution is -1.81. The molecule has 0 aliphatic rings. The second kappa shape index (κ2) is 6.20. The fourth-order valence-corrected chi connectivity index (χ4v) is 0.504. The third-order valence-electron chi connectivity index (χ3n) is 0.990. The zero-order chi connectivity index (χ0) is 7.82. The van der Waals surface area contributed by atoms with E-state index in [1.165, 1.54) is 0 Å². The Hall–Kier alpha value is -0.920. The Morgan fingerprint density at radius 3 is 2.70 bits per heavy atom. The van der Waals surface area contributed by atoms with Gasteiger partial charge in [-0.3, -0.25) is 5.41 Å². The summed E-state index contributed by atoms with van der Waals surface area (Å²) in [5.74, 6) is 0.699. The van der Waals surface area contributed by atoms with Crippen molar-refractivity contribution in [3.05, 3.63) is 12.2 Å². The summed E-state index contributed by atoms with van der Waals surface area (Å²) in [6.45, 7) is 4.33. The molecular weight excluding hydrogens is 124 g/mol. The average molecular weight is 138 g/mol. The van der Waals surface area contributed by atoms with Crippen molar-refractivity contribution in [2.45, 2.75) is 20.3 Å². The highest BCUT2D eigenvalue weighted by Crippen LogP contribution is 1.98. The summed E-state index contributed by atoms with van der Waals surface area (Å²) < 4.78 is 0. The molecule has 0 radical (unpaired) electrons. The Bertz CT molecular complexity index is 134. The quantitative estimate of drug-likeness (QED) is 0.457. The zero-order valence-corrected chi connectivity index (χ0v) is 6.54. The fraction of sp³-hybridized carbons (Fsp3) is 0.500. The molecule has 2 nitrogen and oxygen atoms in total. The number of rotatable bonds is 4. The van der Waals surface area contributed by atoms with Crippen LogP contribution in [0, 0.1) is 11.3 Å². The van der Waals surface area contributed by atoms with Gasteiger partial charge >= 0.3 is 0 Å². The van der Waals surface area contributed by atoms with E-state index in [-0.39, 0.29) is 0 Å². The van der Waals surface area contributed by atoms with Crippen molar-refractivity contribution < 1.29 is 0 Å². The summed E-state index contributed by atoms with van der Waals surface area (Å²) in [7, 11) is 0. The first kappa shape index (κ1) is 9.08. The first-order valence-corrected chi connectivity index (χ1v) is 3.44. The summed E-state index contributed by atoms with van der Waals surface area (Å²) >= 11 is 0. The highest BCUT2D eigenvalue weighted by Gasteiger charge is 1.84. The van der Waals surface area contributed by atoms with Gasteiger partial charge in [0.2, 0.25) is 0 Å². The van der Waals surface area contributed by atoms with Crippen LogP contribution in [0.4, 0.5) is 0 Å². The van der Waals surface area contributed by atoms with E-state index in [1.807, 2.05) is 6.08 Å². The molecule has 0 aromatic carbocycles. The molecule has 0 aromatic rings. The molecule has 0 aliphatic heterocycles. The van der Waals surface area contributed by atoms with E-state index in [0.29, 0.717) is 5.92 Å². The van der Waals surface area contributed by atoms with Crippen LogP contribution >= 0.6 is 0 Å². The van der Waals surface area contributed by atoms with E-state index >= 15 is 0 Å². The number of aliphatic imine (C=N–C) groups is 1. The van der Waals surface area contributed by atoms with E-state index < -0.39 is 0 Å². The summed E-state index contributed by atoms with van der Waals surface area (Å²) in [5, 5.41) is 6.57. The van der Waals surface area contributed by atoms with Crippen molar-refractivity contribution in [3.63, 3.8) is 0 Å². The molecule has 0 aromatic heterocycles. The number of hydrogen-bond acceptors (Lipinski definition) is 1. The highest BCUT2D eigenvalue weighted by atomic mass is 14.7. The van der Waals surface area contributed by atoms with Crippen LogP contribution in [0.1, 0.15) is 20.3 Å². The topological polar surface area (TPSA) is 36.2 Å². The van der Waals surface area contributed by atoms with Gasteiger partial charge in [-0.1, -0.05) is 19.9 Å². The molecule has 0 aliphatic carbocycles. The van der Waals surface area contributed by atoms with Gasteiger partial charge < -0.3 is 0 Å². The van der Waals surface area contributed by atoms with Gasteiger partial charge in [0.15, 0.2) is 0 Å². The third-order valence-corrected chi connectivity index (χ3v) is 0.990. The normalized spacial score (nSPS) is 11.9. The molecule has 56 valence electrons. The number of nitrogens with zero attached hydrogens (tertiary/aromatic N) is 1. The standard InChI is InChI=1S/C8H14N2/c1-8(2)5-3-4-6-10-7-9/h3-4,6-9H,5H2,1-2H3/b4-3-,9-7?,10-6?. The van der Waals surface area contributed by atoms with Crippen molar-refractivity contribution in [1.82, 2.24) is 0 Å². The Morgan fingerprint density at radius 1 is 1.50 bits per heavy atom. The van der Waals surface area contributed by atoms with E-state index in [0.717, 1.165) is 12.8 Å². The summed E-state index contributed by atoms with van der Waals surface area (Å²) in [4.78, 5) is 3.60. The van der Waals surface area contributed by atoms with Gasteiger partial charge in [-0.05, 0) is 18.4 Å². The van der Waals surface area contributed by atoms with Crippen molar-refractivity contribution in [3.8, 4) is 0 Å². The summed E-state index contributed by atoms with van der Waals surface area (Å²) in [6.07, 6.45) is 7.64. The number of hydrogen-bond donors (Lipinski definition) is 1. The molecule has 0 bridgehead atoms. The van der Waals surface area contributed by atoms with Gasteiger partial charge in [-0.25, -0.2) is 4.99 Å². The molecule has 0 amide bonds. The maximum Gasteiger partial charge on any atom is 0.106 e. The zero-order valence-electron chi connectivity index (χ0n) is 6.54. The molecule has 0 unspecified atom stereocenters. The molecular formula is C8H14N2. The Morgan fingerprint density at radius 2 is 2.20 bits per heavy atom. The first-order chi connectivity index (χ1) is 4.77. The predicted molar refractivity (Wildman–Crippen MR) is 45.9 cm³/mol. The number of nitrogens with one attached hydrogen (secondary N) is 1. The minimum absolute atomic E-state index is 0.699. The maximum atomic E-state index is 6.57. The van der Waals surface area contributed by atoms with Crippen LogP contribution < -0.4 is 0 Å². The predicted octanol–water partition coefficient (Wildman–Crippen LogP) is 2.27. The molecule has 0 heterocycles. The van der Waals surface area contributed by atoms with E-state index in [4.69, 9.17) is 5.41 Å². The van der Waals surface area contributed by atoms with Crippen LogP contribution in [0.3, 0.4) is 0 Å². The van der Waals surface area contributed by atoms with Gasteiger partial charge in [-0.2, -0.15) is 0 Å². The molecule has 0 fully saturated rings. The van der Waals surface area contributed by atoms with Gasteiger partial charge in [0.05, 0.1) is 0 Å². The monoisotopic (exact) mass is 138 g/mol. The molecule has 1 N–H and O–H groups in total. The van der Waals surface area contributed by atoms with Crippen LogP contribution in [0.5, 0.6) is 0 Å². The van der Waals surface area contributed by atoms with Crippen molar-refractivity contribution in [2.75, 3.05) is 0 Å². The van der Waals surface area contributed by atoms with Gasteiger partial charge in [0.1, 0.15) is 6.34 Å². The lowest BCUT2D eigenvalue weighted by molar-refractivity contribution is 0.664. The lowest BCUT2D eigenvalue weighted by atomic mass is 10.1. The highest BCUT2D eigenvalue weighted by molar-refractivity contribution is 5.78. The van der Waals surface area contributed by atoms with Crippen molar-refractivity contribution >= 4 is 12.6 Å². The van der Waals surface area contributed by atoms with Crippen LogP contribution in [-0.4, -0.2) is 12.6 Å². The second-order valence-electron chi connectivity index (χ2n) is 2.48. The molecule has 0 saturated carbocycles. The maximum absolute atomic E-state index is 6.57. The Kier molecular flexibility index (Phi) is 5.63. The molecule has 2 heteroatoms. The smallest absolute Gasteiger partial charge is 0.106 e. The third kappa shape index (κ3) is 7.08. The first-order valence-electron chi connectivity index (χ1n) is 3.44. The molecule has 0 rings (SSSR count). The van der Waals surface area contributed by atoms with Crippen molar-refractivity contribution in [1.29, 1.82) is 5.41 Å². The second-order valence-corrected chi connectivity index (χ2v) is 2.48. The molecule has 0 saturated heterocycles. The molecule has 0 spiro atoms. The van der Waals surface area contributed by atoms with Gasteiger partial charge in [-0.15, -0.1) is 0 Å². The minimum atomic E-state index is 0.699. The molecule has 10 heavy (non-hydrogen) atoms. The summed E-state index contributed by atoms with van der Waals surface area (Å²) in [5.41, 5.74) is 0. The summed E-state index contributed by atoms with van der Waals surface area (Å²) in [6, 6.07) is 0. The van der Waals surface area contributed by atoms with E-state index in [2.05, 4.69) is 24.9 Å². The lowest BCUT2D eigenvalue weighted by Gasteiger charge is -1.94. The van der Waals surface area contributed by atoms with Crippen LogP contribution in [0.25, 0.3) is 0 Å². The minimum Gasteiger partial charge on any atom is -0.290 e. The largest absolute Gasteiger partial charge is 0.290 e. The van der Waals surface area contributed by atoms with Gasteiger partial charge in [0.25, 0.3) is 0 Å². The van der Waals surface area contributed by atoms with Crippen molar-refractivity contribution in [2.24, 2.45) is 10.9 Å². The Labute approximate surface area is 62.2 Å². The van der Waals surface area contributed by atoms with Crippen LogP contribution in [0.2, 0.25) is 0 Å². The van der Waals surface area contributed by atoms with Gasteiger partial charge in [0, 0.05) is 6.21 Å². The van der Waals surface area contributed by atoms with Crippen LogP contribution in [0.15, 0.2) is 17.1 Å². The van der Waals surface area contributed by atoms with E-state index in [1.54, 1.807) is 6.21 Å². The molecule has 0 atom stereocenters. The van der Waals surface area contributed by atoms with Crippen LogP contribution in [-0.2, 0) is 0 Å². The number of allylic oxidation sites excluding steroid dienone is 2. The Balaban J connectivity index is 3.37. The fourth-order valence-electron chi connectivity index (χ4n) is 0.504. The SMILES string of the molecule is CC(C)C/C=C\C=NC=N.